The molecule has 2 aliphatic carbocycles. The molecule has 2 saturated heterocycles. The molecular formula is C40H33ClFN3O6. The van der Waals surface area contributed by atoms with Crippen molar-refractivity contribution in [2.45, 2.75) is 25.7 Å². The van der Waals surface area contributed by atoms with E-state index in [1.165, 1.54) is 24.1 Å². The second-order valence-electron chi connectivity index (χ2n) is 13.7. The summed E-state index contributed by atoms with van der Waals surface area (Å²) in [7, 11) is 1.42. The number of rotatable bonds is 6. The number of amides is 4. The van der Waals surface area contributed by atoms with E-state index in [0.717, 1.165) is 22.3 Å². The minimum atomic E-state index is -1.41. The number of methoxy groups -OCH3 is 1. The first kappa shape index (κ1) is 32.7. The van der Waals surface area contributed by atoms with E-state index < -0.39 is 52.6 Å². The van der Waals surface area contributed by atoms with E-state index in [0.29, 0.717) is 16.8 Å². The van der Waals surface area contributed by atoms with Crippen LogP contribution >= 0.6 is 11.6 Å². The van der Waals surface area contributed by atoms with Gasteiger partial charge in [-0.15, -0.1) is 0 Å². The van der Waals surface area contributed by atoms with Crippen LogP contribution in [-0.4, -0.2) is 35.8 Å². The summed E-state index contributed by atoms with van der Waals surface area (Å²) in [6, 6.07) is 25.3. The molecule has 4 aliphatic rings. The number of phenolic OH excluding ortho intramolecular Hbond substituents is 1. The van der Waals surface area contributed by atoms with Crippen molar-refractivity contribution in [3.8, 4) is 11.5 Å². The van der Waals surface area contributed by atoms with Crippen molar-refractivity contribution in [2.24, 2.45) is 29.1 Å². The molecule has 2 aliphatic heterocycles. The normalized spacial score (nSPS) is 26.8. The van der Waals surface area contributed by atoms with Crippen molar-refractivity contribution in [1.29, 1.82) is 0 Å². The zero-order chi connectivity index (χ0) is 35.8. The molecule has 1 saturated carbocycles. The number of para-hydroxylation sites is 2. The zero-order valence-corrected chi connectivity index (χ0v) is 28.4. The van der Waals surface area contributed by atoms with Gasteiger partial charge >= 0.3 is 0 Å². The lowest BCUT2D eigenvalue weighted by atomic mass is 9.51. The number of carbonyl (C=O) groups is 4. The number of hydrogen-bond donors (Lipinski definition) is 2. The molecule has 4 aromatic carbocycles. The Morgan fingerprint density at radius 1 is 0.843 bits per heavy atom. The van der Waals surface area contributed by atoms with Gasteiger partial charge in [-0.2, -0.15) is 0 Å². The van der Waals surface area contributed by atoms with Crippen LogP contribution in [0.5, 0.6) is 11.5 Å². The van der Waals surface area contributed by atoms with Gasteiger partial charge in [0, 0.05) is 22.9 Å². The number of halogens is 2. The molecule has 0 unspecified atom stereocenters. The number of anilines is 4. The number of ether oxygens (including phenoxy) is 1. The second kappa shape index (κ2) is 12.1. The molecule has 6 atom stereocenters. The van der Waals surface area contributed by atoms with Crippen LogP contribution in [0.3, 0.4) is 0 Å². The van der Waals surface area contributed by atoms with Crippen molar-refractivity contribution in [3.05, 3.63) is 119 Å². The predicted molar refractivity (Wildman–Crippen MR) is 189 cm³/mol. The van der Waals surface area contributed by atoms with E-state index in [1.54, 1.807) is 49.4 Å². The fourth-order valence-electron chi connectivity index (χ4n) is 8.80. The lowest BCUT2D eigenvalue weighted by Gasteiger charge is -2.49. The first-order valence-corrected chi connectivity index (χ1v) is 17.1. The first-order valence-electron chi connectivity index (χ1n) is 16.7. The van der Waals surface area contributed by atoms with E-state index >= 15 is 0 Å². The van der Waals surface area contributed by atoms with Crippen LogP contribution < -0.4 is 19.9 Å². The third-order valence-electron chi connectivity index (χ3n) is 11.2. The Hall–Kier alpha value is -5.48. The van der Waals surface area contributed by atoms with Gasteiger partial charge in [-0.1, -0.05) is 53.6 Å². The number of nitrogens with zero attached hydrogens (tertiary/aromatic N) is 2. The molecule has 258 valence electrons. The fraction of sp³-hybridized carbons (Fsp3) is 0.250. The molecule has 3 fully saturated rings. The molecule has 9 nitrogen and oxygen atoms in total. The highest BCUT2D eigenvalue weighted by atomic mass is 35.5. The van der Waals surface area contributed by atoms with Crippen molar-refractivity contribution in [1.82, 2.24) is 0 Å². The lowest BCUT2D eigenvalue weighted by Crippen LogP contribution is -2.48. The van der Waals surface area contributed by atoms with Gasteiger partial charge in [-0.25, -0.2) is 9.29 Å². The van der Waals surface area contributed by atoms with Crippen molar-refractivity contribution in [3.63, 3.8) is 0 Å². The number of hydrogen-bond acceptors (Lipinski definition) is 7. The van der Waals surface area contributed by atoms with Gasteiger partial charge in [-0.3, -0.25) is 24.1 Å². The number of fused-ring (bicyclic) bond motifs is 4. The quantitative estimate of drug-likeness (QED) is 0.159. The summed E-state index contributed by atoms with van der Waals surface area (Å²) in [5.41, 5.74) is 1.91. The van der Waals surface area contributed by atoms with Crippen LogP contribution in [-0.2, 0) is 19.2 Å². The van der Waals surface area contributed by atoms with Gasteiger partial charge in [0.25, 0.3) is 0 Å². The Bertz CT molecular complexity index is 2160. The Labute approximate surface area is 298 Å². The Balaban J connectivity index is 1.19. The molecular weight excluding hydrogens is 673 g/mol. The largest absolute Gasteiger partial charge is 0.504 e. The molecule has 11 heteroatoms. The Morgan fingerprint density at radius 3 is 2.25 bits per heavy atom. The van der Waals surface area contributed by atoms with Crippen LogP contribution in [0.4, 0.5) is 27.1 Å². The highest BCUT2D eigenvalue weighted by molar-refractivity contribution is 6.32. The lowest BCUT2D eigenvalue weighted by molar-refractivity contribution is -0.131. The molecule has 4 aromatic rings. The van der Waals surface area contributed by atoms with Crippen LogP contribution in [0.2, 0.25) is 5.02 Å². The maximum atomic E-state index is 14.6. The second-order valence-corrected chi connectivity index (χ2v) is 14.1. The highest BCUT2D eigenvalue weighted by Gasteiger charge is 2.68. The third-order valence-corrected chi connectivity index (χ3v) is 11.5. The smallest absolute Gasteiger partial charge is 0.241 e. The fourth-order valence-corrected chi connectivity index (χ4v) is 8.98. The van der Waals surface area contributed by atoms with Crippen LogP contribution in [0.15, 0.2) is 103 Å². The maximum absolute atomic E-state index is 14.6. The van der Waals surface area contributed by atoms with Gasteiger partial charge in [0.2, 0.25) is 23.6 Å². The van der Waals surface area contributed by atoms with Gasteiger partial charge in [0.05, 0.1) is 46.7 Å². The predicted octanol–water partition coefficient (Wildman–Crippen LogP) is 7.37. The molecule has 8 rings (SSSR count). The van der Waals surface area contributed by atoms with Gasteiger partial charge in [0.1, 0.15) is 5.82 Å². The molecule has 0 bridgehead atoms. The van der Waals surface area contributed by atoms with E-state index in [9.17, 15) is 28.7 Å². The topological polar surface area (TPSA) is 116 Å². The SMILES string of the molecule is COc1cccc([C@H]2C3=CC[C@@H]4C(=O)N(c5ccc(Nc6ccccc6)cc5)C(=O)[C@@H]4[C@@H]3C[C@H]3C(=O)N(c4ccc(F)c(Cl)c4)C(=O)[C@@]23C)c1O. The van der Waals surface area contributed by atoms with E-state index in [2.05, 4.69) is 5.32 Å². The minimum absolute atomic E-state index is 0.119. The van der Waals surface area contributed by atoms with E-state index in [1.807, 2.05) is 36.4 Å². The summed E-state index contributed by atoms with van der Waals surface area (Å²) < 4.78 is 19.6. The third kappa shape index (κ3) is 4.87. The first-order chi connectivity index (χ1) is 24.5. The number of carbonyl (C=O) groups excluding carboxylic acids is 4. The van der Waals surface area contributed by atoms with Crippen molar-refractivity contribution in [2.75, 3.05) is 22.2 Å². The van der Waals surface area contributed by atoms with E-state index in [-0.39, 0.29) is 46.9 Å². The summed E-state index contributed by atoms with van der Waals surface area (Å²) in [5.74, 6) is -6.29. The Morgan fingerprint density at radius 2 is 1.55 bits per heavy atom. The molecule has 2 N–H and O–H groups in total. The summed E-state index contributed by atoms with van der Waals surface area (Å²) in [6.07, 6.45) is 2.27. The van der Waals surface area contributed by atoms with Crippen molar-refractivity contribution >= 4 is 58.0 Å². The van der Waals surface area contributed by atoms with Gasteiger partial charge < -0.3 is 15.2 Å². The molecule has 4 amide bonds. The molecule has 0 radical (unpaired) electrons. The maximum Gasteiger partial charge on any atom is 0.241 e. The van der Waals surface area contributed by atoms with Crippen molar-refractivity contribution < 1.29 is 33.4 Å². The highest BCUT2D eigenvalue weighted by Crippen LogP contribution is 2.65. The monoisotopic (exact) mass is 705 g/mol. The minimum Gasteiger partial charge on any atom is -0.504 e. The average molecular weight is 706 g/mol. The summed E-state index contributed by atoms with van der Waals surface area (Å²) in [5, 5.41) is 14.6. The number of nitrogens with one attached hydrogen (secondary N) is 1. The summed E-state index contributed by atoms with van der Waals surface area (Å²) in [6.45, 7) is 1.70. The number of allylic oxidation sites excluding steroid dienone is 2. The average Bonchev–Trinajstić information content (AvgIpc) is 3.50. The summed E-state index contributed by atoms with van der Waals surface area (Å²) in [4.78, 5) is 59.7. The van der Waals surface area contributed by atoms with Gasteiger partial charge in [-0.05, 0) is 86.3 Å². The number of aromatic hydroxyl groups is 1. The van der Waals surface area contributed by atoms with Crippen LogP contribution in [0.25, 0.3) is 0 Å². The standard InChI is InChI=1S/C40H33ClFN3O6/c1-40-29(37(48)45(39(40)50)24-15-18-31(42)30(41)19-24)20-28-25(34(40)27-9-6-10-32(51-2)35(27)46)16-17-26-33(28)38(49)44(36(26)47)23-13-11-22(12-14-23)43-21-7-4-3-5-8-21/h3-16,18-19,26,28-29,33-34,43,46H,17,20H2,1-2H3/t26-,28+,29-,33-,34+,40+/m0/s1. The number of benzene rings is 4. The molecule has 0 aromatic heterocycles. The number of imide groups is 2. The Kier molecular flexibility index (Phi) is 7.75. The zero-order valence-electron chi connectivity index (χ0n) is 27.7. The molecule has 51 heavy (non-hydrogen) atoms. The molecule has 2 heterocycles. The molecule has 0 spiro atoms. The van der Waals surface area contributed by atoms with Gasteiger partial charge in [0.15, 0.2) is 11.5 Å². The summed E-state index contributed by atoms with van der Waals surface area (Å²) >= 11 is 6.10. The van der Waals surface area contributed by atoms with Crippen LogP contribution in [0.1, 0.15) is 31.2 Å². The van der Waals surface area contributed by atoms with Crippen LogP contribution in [0, 0.1) is 34.9 Å². The number of phenols is 1. The van der Waals surface area contributed by atoms with E-state index in [4.69, 9.17) is 16.3 Å².